The summed E-state index contributed by atoms with van der Waals surface area (Å²) in [5.41, 5.74) is 1.87. The van der Waals surface area contributed by atoms with E-state index in [0.29, 0.717) is 13.1 Å². The minimum atomic E-state index is -0.160. The molecule has 136 valence electrons. The van der Waals surface area contributed by atoms with E-state index < -0.39 is 0 Å². The molecule has 2 aromatic rings. The van der Waals surface area contributed by atoms with E-state index in [2.05, 4.69) is 4.90 Å². The van der Waals surface area contributed by atoms with Gasteiger partial charge in [0.05, 0.1) is 9.75 Å². The molecule has 2 amide bonds. The minimum absolute atomic E-state index is 0.120. The second-order valence-corrected chi connectivity index (χ2v) is 9.29. The zero-order chi connectivity index (χ0) is 18.1. The maximum atomic E-state index is 13.1. The number of benzene rings is 1. The predicted octanol–water partition coefficient (Wildman–Crippen LogP) is 3.88. The maximum absolute atomic E-state index is 13.1. The number of thiophene rings is 1. The Hall–Kier alpha value is -1.79. The summed E-state index contributed by atoms with van der Waals surface area (Å²) in [5, 5.41) is 1.94. The van der Waals surface area contributed by atoms with Crippen molar-refractivity contribution < 1.29 is 9.59 Å². The van der Waals surface area contributed by atoms with Gasteiger partial charge < -0.3 is 9.80 Å². The summed E-state index contributed by atoms with van der Waals surface area (Å²) in [6.07, 6.45) is 1.68. The van der Waals surface area contributed by atoms with Crippen molar-refractivity contribution in [1.82, 2.24) is 9.80 Å². The molecule has 1 spiro atoms. The molecule has 4 nitrogen and oxygen atoms in total. The van der Waals surface area contributed by atoms with Gasteiger partial charge in [-0.2, -0.15) is 0 Å². The van der Waals surface area contributed by atoms with E-state index in [1.54, 1.807) is 0 Å². The lowest BCUT2D eigenvalue weighted by Crippen LogP contribution is -2.53. The second-order valence-electron chi connectivity index (χ2n) is 6.89. The first kappa shape index (κ1) is 17.6. The third-order valence-electron chi connectivity index (χ3n) is 5.25. The third kappa shape index (κ3) is 3.16. The number of thioether (sulfide) groups is 1. The topological polar surface area (TPSA) is 40.6 Å². The average Bonchev–Trinajstić information content (AvgIpc) is 3.32. The summed E-state index contributed by atoms with van der Waals surface area (Å²) >= 11 is 3.37. The van der Waals surface area contributed by atoms with Crippen molar-refractivity contribution in [3.63, 3.8) is 0 Å². The number of likely N-dealkylation sites (tertiary alicyclic amines) is 1. The summed E-state index contributed by atoms with van der Waals surface area (Å²) in [7, 11) is 0. The average molecular weight is 387 g/mol. The first-order valence-electron chi connectivity index (χ1n) is 8.94. The van der Waals surface area contributed by atoms with Crippen molar-refractivity contribution in [2.24, 2.45) is 0 Å². The summed E-state index contributed by atoms with van der Waals surface area (Å²) in [4.78, 5) is 30.3. The highest BCUT2D eigenvalue weighted by Crippen LogP contribution is 2.44. The Morgan fingerprint density at radius 3 is 2.54 bits per heavy atom. The number of piperidine rings is 1. The normalized spacial score (nSPS) is 19.1. The van der Waals surface area contributed by atoms with Gasteiger partial charge in [0.15, 0.2) is 0 Å². The van der Waals surface area contributed by atoms with Crippen molar-refractivity contribution in [3.05, 3.63) is 57.8 Å². The zero-order valence-electron chi connectivity index (χ0n) is 14.8. The van der Waals surface area contributed by atoms with Crippen LogP contribution in [-0.2, 0) is 0 Å². The molecule has 0 saturated carbocycles. The molecule has 26 heavy (non-hydrogen) atoms. The third-order valence-corrected chi connectivity index (χ3v) is 7.66. The summed E-state index contributed by atoms with van der Waals surface area (Å²) < 4.78 is 0. The van der Waals surface area contributed by atoms with Crippen LogP contribution >= 0.6 is 23.1 Å². The molecule has 3 heterocycles. The Balaban J connectivity index is 1.48. The van der Waals surface area contributed by atoms with Gasteiger partial charge in [0.25, 0.3) is 11.8 Å². The quantitative estimate of drug-likeness (QED) is 0.786. The first-order chi connectivity index (χ1) is 12.6. The Morgan fingerprint density at radius 1 is 1.04 bits per heavy atom. The highest BCUT2D eigenvalue weighted by molar-refractivity contribution is 8.00. The van der Waals surface area contributed by atoms with Crippen LogP contribution in [0.3, 0.4) is 0 Å². The lowest BCUT2D eigenvalue weighted by atomic mass is 10.0. The highest BCUT2D eigenvalue weighted by atomic mass is 32.2. The van der Waals surface area contributed by atoms with Gasteiger partial charge in [-0.1, -0.05) is 23.8 Å². The van der Waals surface area contributed by atoms with E-state index >= 15 is 0 Å². The summed E-state index contributed by atoms with van der Waals surface area (Å²) in [6.45, 7) is 4.22. The van der Waals surface area contributed by atoms with Gasteiger partial charge in [-0.15, -0.1) is 23.1 Å². The molecule has 0 atom stereocenters. The number of carbonyl (C=O) groups is 2. The van der Waals surface area contributed by atoms with Gasteiger partial charge in [-0.3, -0.25) is 9.59 Å². The molecule has 2 aliphatic rings. The second kappa shape index (κ2) is 7.08. The van der Waals surface area contributed by atoms with Crippen LogP contribution in [0, 0.1) is 6.92 Å². The molecule has 0 aliphatic carbocycles. The van der Waals surface area contributed by atoms with Crippen LogP contribution in [0.2, 0.25) is 0 Å². The van der Waals surface area contributed by atoms with Crippen LogP contribution in [-0.4, -0.2) is 51.9 Å². The molecular weight excluding hydrogens is 364 g/mol. The lowest BCUT2D eigenvalue weighted by molar-refractivity contribution is 0.0500. The molecule has 2 saturated heterocycles. The van der Waals surface area contributed by atoms with Crippen molar-refractivity contribution in [2.45, 2.75) is 24.6 Å². The molecule has 1 aromatic carbocycles. The van der Waals surface area contributed by atoms with Crippen LogP contribution in [0.15, 0.2) is 41.8 Å². The fourth-order valence-electron chi connectivity index (χ4n) is 3.86. The Bertz CT molecular complexity index is 811. The maximum Gasteiger partial charge on any atom is 0.263 e. The molecule has 6 heteroatoms. The van der Waals surface area contributed by atoms with Gasteiger partial charge in [0.1, 0.15) is 0 Å². The lowest BCUT2D eigenvalue weighted by Gasteiger charge is -2.44. The number of aryl methyl sites for hydroxylation is 1. The molecule has 0 bridgehead atoms. The molecule has 2 aliphatic heterocycles. The van der Waals surface area contributed by atoms with E-state index in [-0.39, 0.29) is 16.7 Å². The van der Waals surface area contributed by atoms with Crippen LogP contribution in [0.5, 0.6) is 0 Å². The number of hydrogen-bond donors (Lipinski definition) is 0. The Morgan fingerprint density at radius 2 is 1.85 bits per heavy atom. The van der Waals surface area contributed by atoms with Crippen LogP contribution < -0.4 is 0 Å². The Labute approximate surface area is 162 Å². The fourth-order valence-corrected chi connectivity index (χ4v) is 6.00. The fraction of sp³-hybridized carbons (Fsp3) is 0.400. The summed E-state index contributed by atoms with van der Waals surface area (Å²) in [6, 6.07) is 11.6. The zero-order valence-corrected chi connectivity index (χ0v) is 16.4. The van der Waals surface area contributed by atoms with Gasteiger partial charge in [-0.05, 0) is 43.3 Å². The first-order valence-corrected chi connectivity index (χ1v) is 10.8. The van der Waals surface area contributed by atoms with Crippen molar-refractivity contribution in [2.75, 3.05) is 25.4 Å². The standard InChI is InChI=1S/C20H22N2O2S2/c1-15-4-2-5-16(14-15)18(23)22-11-13-26-20(22)7-9-21(10-8-20)19(24)17-6-3-12-25-17/h2-6,12,14H,7-11,13H2,1H3. The van der Waals surface area contributed by atoms with Gasteiger partial charge in [0, 0.05) is 31.0 Å². The van der Waals surface area contributed by atoms with Gasteiger partial charge >= 0.3 is 0 Å². The van der Waals surface area contributed by atoms with Crippen LogP contribution in [0.4, 0.5) is 0 Å². The molecule has 2 fully saturated rings. The molecule has 4 rings (SSSR count). The molecule has 0 unspecified atom stereocenters. The van der Waals surface area contributed by atoms with Gasteiger partial charge in [0.2, 0.25) is 0 Å². The number of rotatable bonds is 2. The molecule has 1 aromatic heterocycles. The van der Waals surface area contributed by atoms with E-state index in [1.165, 1.54) is 11.3 Å². The molecule has 0 radical (unpaired) electrons. The van der Waals surface area contributed by atoms with Gasteiger partial charge in [-0.25, -0.2) is 0 Å². The molecular formula is C20H22N2O2S2. The van der Waals surface area contributed by atoms with E-state index in [9.17, 15) is 9.59 Å². The Kier molecular flexibility index (Phi) is 4.80. The number of amides is 2. The van der Waals surface area contributed by atoms with E-state index in [1.807, 2.05) is 65.4 Å². The molecule has 0 N–H and O–H groups in total. The van der Waals surface area contributed by atoms with Crippen molar-refractivity contribution in [1.29, 1.82) is 0 Å². The van der Waals surface area contributed by atoms with Crippen molar-refractivity contribution >= 4 is 34.9 Å². The largest absolute Gasteiger partial charge is 0.338 e. The van der Waals surface area contributed by atoms with E-state index in [0.717, 1.165) is 41.1 Å². The SMILES string of the molecule is Cc1cccc(C(=O)N2CCSC23CCN(C(=O)c2cccs2)CC3)c1. The van der Waals surface area contributed by atoms with Crippen molar-refractivity contribution in [3.8, 4) is 0 Å². The smallest absolute Gasteiger partial charge is 0.263 e. The van der Waals surface area contributed by atoms with Crippen LogP contribution in [0.1, 0.15) is 38.4 Å². The summed E-state index contributed by atoms with van der Waals surface area (Å²) in [5.74, 6) is 1.21. The minimum Gasteiger partial charge on any atom is -0.338 e. The highest BCUT2D eigenvalue weighted by Gasteiger charge is 2.47. The number of nitrogens with zero attached hydrogens (tertiary/aromatic N) is 2. The monoisotopic (exact) mass is 386 g/mol. The van der Waals surface area contributed by atoms with E-state index in [4.69, 9.17) is 0 Å². The van der Waals surface area contributed by atoms with Crippen LogP contribution in [0.25, 0.3) is 0 Å². The number of hydrogen-bond acceptors (Lipinski definition) is 4. The predicted molar refractivity (Wildman–Crippen MR) is 107 cm³/mol. The number of carbonyl (C=O) groups excluding carboxylic acids is 2.